The summed E-state index contributed by atoms with van der Waals surface area (Å²) in [7, 11) is 0. The van der Waals surface area contributed by atoms with Crippen LogP contribution < -0.4 is 0 Å². The van der Waals surface area contributed by atoms with Crippen LogP contribution in [0.25, 0.3) is 10.4 Å². The molecular formula is C18H35N3O2. The molecule has 0 aliphatic rings. The van der Waals surface area contributed by atoms with E-state index in [0.29, 0.717) is 19.6 Å². The van der Waals surface area contributed by atoms with E-state index in [2.05, 4.69) is 10.0 Å². The van der Waals surface area contributed by atoms with Crippen LogP contribution >= 0.6 is 0 Å². The standard InChI is InChI=1S/C18H35N3O2/c1-2-23-18(22)16-14-12-10-8-6-4-3-5-7-9-11-13-15-17-20-21-19/h2-17H2,1H3. The average Bonchev–Trinajstić information content (AvgIpc) is 2.54. The molecule has 0 atom stereocenters. The van der Waals surface area contributed by atoms with E-state index >= 15 is 0 Å². The van der Waals surface area contributed by atoms with E-state index in [0.717, 1.165) is 19.3 Å². The van der Waals surface area contributed by atoms with Crippen molar-refractivity contribution in [2.24, 2.45) is 5.11 Å². The molecule has 0 unspecified atom stereocenters. The Morgan fingerprint density at radius 1 is 0.826 bits per heavy atom. The molecule has 0 aromatic heterocycles. The van der Waals surface area contributed by atoms with E-state index in [1.165, 1.54) is 64.2 Å². The molecule has 5 heteroatoms. The fraction of sp³-hybridized carbons (Fsp3) is 0.944. The largest absolute Gasteiger partial charge is 0.466 e. The lowest BCUT2D eigenvalue weighted by atomic mass is 10.0. The van der Waals surface area contributed by atoms with Crippen LogP contribution in [0.4, 0.5) is 0 Å². The van der Waals surface area contributed by atoms with Gasteiger partial charge in [-0.3, -0.25) is 4.79 Å². The maximum absolute atomic E-state index is 11.1. The summed E-state index contributed by atoms with van der Waals surface area (Å²) in [5.74, 6) is -0.0507. The van der Waals surface area contributed by atoms with Crippen molar-refractivity contribution in [2.75, 3.05) is 13.2 Å². The second-order valence-corrected chi connectivity index (χ2v) is 6.11. The van der Waals surface area contributed by atoms with Gasteiger partial charge in [0.2, 0.25) is 0 Å². The summed E-state index contributed by atoms with van der Waals surface area (Å²) in [5, 5.41) is 3.54. The number of nitrogens with zero attached hydrogens (tertiary/aromatic N) is 3. The first-order valence-electron chi connectivity index (χ1n) is 9.47. The number of unbranched alkanes of at least 4 members (excludes halogenated alkanes) is 12. The third kappa shape index (κ3) is 18.7. The maximum atomic E-state index is 11.1. The van der Waals surface area contributed by atoms with Crippen molar-refractivity contribution < 1.29 is 9.53 Å². The third-order valence-corrected chi connectivity index (χ3v) is 4.01. The summed E-state index contributed by atoms with van der Waals surface area (Å²) >= 11 is 0. The molecule has 0 aliphatic heterocycles. The van der Waals surface area contributed by atoms with E-state index in [-0.39, 0.29) is 5.97 Å². The summed E-state index contributed by atoms with van der Waals surface area (Å²) in [5.41, 5.74) is 8.15. The number of hydrogen-bond donors (Lipinski definition) is 0. The van der Waals surface area contributed by atoms with Crippen molar-refractivity contribution in [1.82, 2.24) is 0 Å². The summed E-state index contributed by atoms with van der Waals surface area (Å²) in [6.45, 7) is 2.99. The smallest absolute Gasteiger partial charge is 0.305 e. The molecule has 0 radical (unpaired) electrons. The number of carbonyl (C=O) groups excluding carboxylic acids is 1. The zero-order chi connectivity index (χ0) is 17.0. The van der Waals surface area contributed by atoms with Gasteiger partial charge in [0.15, 0.2) is 0 Å². The SMILES string of the molecule is CCOC(=O)CCCCCCCCCCCCCCCN=[N+]=[N-]. The fourth-order valence-corrected chi connectivity index (χ4v) is 2.67. The monoisotopic (exact) mass is 325 g/mol. The van der Waals surface area contributed by atoms with Gasteiger partial charge in [0.25, 0.3) is 0 Å². The number of ether oxygens (including phenoxy) is 1. The van der Waals surface area contributed by atoms with Crippen molar-refractivity contribution in [3.8, 4) is 0 Å². The molecule has 5 nitrogen and oxygen atoms in total. The van der Waals surface area contributed by atoms with Gasteiger partial charge in [0.05, 0.1) is 6.61 Å². The predicted octanol–water partition coefficient (Wildman–Crippen LogP) is 6.32. The summed E-state index contributed by atoms with van der Waals surface area (Å²) in [4.78, 5) is 13.9. The van der Waals surface area contributed by atoms with Crippen LogP contribution in [0.1, 0.15) is 96.8 Å². The zero-order valence-corrected chi connectivity index (χ0v) is 15.0. The number of carbonyl (C=O) groups is 1. The molecule has 0 saturated carbocycles. The summed E-state index contributed by atoms with van der Waals surface area (Å²) < 4.78 is 4.91. The molecule has 0 bridgehead atoms. The van der Waals surface area contributed by atoms with Gasteiger partial charge in [-0.05, 0) is 25.3 Å². The predicted molar refractivity (Wildman–Crippen MR) is 95.3 cm³/mol. The first-order chi connectivity index (χ1) is 11.3. The van der Waals surface area contributed by atoms with Crippen molar-refractivity contribution in [3.05, 3.63) is 10.4 Å². The minimum atomic E-state index is -0.0507. The Morgan fingerprint density at radius 3 is 1.70 bits per heavy atom. The van der Waals surface area contributed by atoms with E-state index in [4.69, 9.17) is 10.3 Å². The Bertz CT molecular complexity index is 315. The van der Waals surface area contributed by atoms with E-state index < -0.39 is 0 Å². The highest BCUT2D eigenvalue weighted by atomic mass is 16.5. The topological polar surface area (TPSA) is 75.1 Å². The van der Waals surface area contributed by atoms with Gasteiger partial charge in [0.1, 0.15) is 0 Å². The van der Waals surface area contributed by atoms with Crippen LogP contribution in [0.5, 0.6) is 0 Å². The molecule has 0 fully saturated rings. The Balaban J connectivity index is 3.05. The van der Waals surface area contributed by atoms with Gasteiger partial charge in [-0.25, -0.2) is 0 Å². The number of rotatable bonds is 17. The van der Waals surface area contributed by atoms with Crippen molar-refractivity contribution in [1.29, 1.82) is 0 Å². The second kappa shape index (κ2) is 18.8. The number of hydrogen-bond acceptors (Lipinski definition) is 3. The molecule has 0 saturated heterocycles. The molecule has 0 N–H and O–H groups in total. The normalized spacial score (nSPS) is 10.3. The molecule has 0 rings (SSSR count). The Labute approximate surface area is 141 Å². The van der Waals surface area contributed by atoms with Gasteiger partial charge in [0, 0.05) is 17.9 Å². The highest BCUT2D eigenvalue weighted by molar-refractivity contribution is 5.69. The second-order valence-electron chi connectivity index (χ2n) is 6.11. The van der Waals surface area contributed by atoms with Crippen LogP contribution in [0, 0.1) is 0 Å². The zero-order valence-electron chi connectivity index (χ0n) is 15.0. The van der Waals surface area contributed by atoms with Gasteiger partial charge in [-0.1, -0.05) is 75.7 Å². The van der Waals surface area contributed by atoms with Crippen molar-refractivity contribution in [2.45, 2.75) is 96.8 Å². The van der Waals surface area contributed by atoms with Crippen LogP contribution in [0.3, 0.4) is 0 Å². The van der Waals surface area contributed by atoms with E-state index in [1.807, 2.05) is 6.92 Å². The lowest BCUT2D eigenvalue weighted by Gasteiger charge is -2.03. The Morgan fingerprint density at radius 2 is 1.26 bits per heavy atom. The number of esters is 1. The molecular weight excluding hydrogens is 290 g/mol. The highest BCUT2D eigenvalue weighted by Crippen LogP contribution is 2.13. The lowest BCUT2D eigenvalue weighted by molar-refractivity contribution is -0.143. The summed E-state index contributed by atoms with van der Waals surface area (Å²) in [6, 6.07) is 0. The molecule has 134 valence electrons. The lowest BCUT2D eigenvalue weighted by Crippen LogP contribution is -2.03. The van der Waals surface area contributed by atoms with Gasteiger partial charge < -0.3 is 4.74 Å². The summed E-state index contributed by atoms with van der Waals surface area (Å²) in [6.07, 6.45) is 16.7. The minimum absolute atomic E-state index is 0.0507. The van der Waals surface area contributed by atoms with Crippen LogP contribution in [-0.2, 0) is 9.53 Å². The average molecular weight is 325 g/mol. The van der Waals surface area contributed by atoms with Crippen LogP contribution in [0.2, 0.25) is 0 Å². The van der Waals surface area contributed by atoms with Crippen molar-refractivity contribution >= 4 is 5.97 Å². The molecule has 0 aliphatic carbocycles. The van der Waals surface area contributed by atoms with E-state index in [9.17, 15) is 4.79 Å². The van der Waals surface area contributed by atoms with Crippen molar-refractivity contribution in [3.63, 3.8) is 0 Å². The molecule has 23 heavy (non-hydrogen) atoms. The van der Waals surface area contributed by atoms with Gasteiger partial charge in [-0.2, -0.15) is 0 Å². The van der Waals surface area contributed by atoms with Gasteiger partial charge >= 0.3 is 5.97 Å². The quantitative estimate of drug-likeness (QED) is 0.103. The van der Waals surface area contributed by atoms with Crippen LogP contribution in [0.15, 0.2) is 5.11 Å². The Hall–Kier alpha value is -1.22. The van der Waals surface area contributed by atoms with Gasteiger partial charge in [-0.15, -0.1) is 0 Å². The molecule has 0 heterocycles. The molecule has 0 spiro atoms. The minimum Gasteiger partial charge on any atom is -0.466 e. The van der Waals surface area contributed by atoms with Crippen LogP contribution in [-0.4, -0.2) is 19.1 Å². The number of azide groups is 1. The maximum Gasteiger partial charge on any atom is 0.305 e. The highest BCUT2D eigenvalue weighted by Gasteiger charge is 2.00. The molecule has 0 aromatic rings. The fourth-order valence-electron chi connectivity index (χ4n) is 2.67. The van der Waals surface area contributed by atoms with E-state index in [1.54, 1.807) is 0 Å². The molecule has 0 aromatic carbocycles. The third-order valence-electron chi connectivity index (χ3n) is 4.01. The molecule has 0 amide bonds. The first kappa shape index (κ1) is 21.8. The first-order valence-corrected chi connectivity index (χ1v) is 9.47. The Kier molecular flexibility index (Phi) is 17.8.